The molecule has 0 heterocycles. The van der Waals surface area contributed by atoms with Crippen molar-refractivity contribution in [2.45, 2.75) is 19.4 Å². The van der Waals surface area contributed by atoms with E-state index in [1.54, 1.807) is 19.2 Å². The summed E-state index contributed by atoms with van der Waals surface area (Å²) in [6.45, 7) is 1.99. The molecule has 0 amide bonds. The minimum Gasteiger partial charge on any atom is -0.497 e. The van der Waals surface area contributed by atoms with Crippen molar-refractivity contribution in [3.63, 3.8) is 0 Å². The fraction of sp³-hybridized carbons (Fsp3) is 0.250. The number of aryl methyl sites for hydroxylation is 1. The highest BCUT2D eigenvalue weighted by Crippen LogP contribution is 2.24. The summed E-state index contributed by atoms with van der Waals surface area (Å²) in [7, 11) is 1.63. The lowest BCUT2D eigenvalue weighted by atomic mass is 9.96. The van der Waals surface area contributed by atoms with Crippen molar-refractivity contribution in [3.05, 3.63) is 65.0 Å². The predicted molar refractivity (Wildman–Crippen MR) is 74.8 cm³/mol. The molecule has 0 saturated carbocycles. The van der Waals surface area contributed by atoms with Crippen molar-refractivity contribution in [2.75, 3.05) is 7.11 Å². The van der Waals surface area contributed by atoms with Gasteiger partial charge in [0.05, 0.1) is 7.11 Å². The van der Waals surface area contributed by atoms with Crippen molar-refractivity contribution in [1.29, 1.82) is 0 Å². The molecule has 0 aliphatic carbocycles. The Morgan fingerprint density at radius 2 is 1.95 bits per heavy atom. The van der Waals surface area contributed by atoms with Crippen LogP contribution in [-0.4, -0.2) is 7.11 Å². The van der Waals surface area contributed by atoms with E-state index in [1.165, 1.54) is 6.07 Å². The van der Waals surface area contributed by atoms with Crippen molar-refractivity contribution in [2.24, 2.45) is 5.73 Å². The van der Waals surface area contributed by atoms with Crippen LogP contribution in [0.4, 0.5) is 4.39 Å². The molecule has 0 spiro atoms. The van der Waals surface area contributed by atoms with Crippen LogP contribution in [0.1, 0.15) is 22.7 Å². The summed E-state index contributed by atoms with van der Waals surface area (Å²) in [5, 5.41) is 0. The van der Waals surface area contributed by atoms with Crippen LogP contribution in [0.25, 0.3) is 0 Å². The molecule has 0 bridgehead atoms. The van der Waals surface area contributed by atoms with Crippen LogP contribution in [-0.2, 0) is 6.42 Å². The monoisotopic (exact) mass is 259 g/mol. The first-order valence-electron chi connectivity index (χ1n) is 6.25. The Balaban J connectivity index is 2.21. The minimum atomic E-state index is -0.220. The van der Waals surface area contributed by atoms with E-state index in [0.717, 1.165) is 16.9 Å². The van der Waals surface area contributed by atoms with Gasteiger partial charge in [0.25, 0.3) is 0 Å². The highest BCUT2D eigenvalue weighted by molar-refractivity contribution is 5.37. The molecule has 0 aliphatic heterocycles. The van der Waals surface area contributed by atoms with Crippen LogP contribution >= 0.6 is 0 Å². The van der Waals surface area contributed by atoms with Gasteiger partial charge in [-0.3, -0.25) is 0 Å². The summed E-state index contributed by atoms with van der Waals surface area (Å²) < 4.78 is 18.8. The smallest absolute Gasteiger partial charge is 0.126 e. The molecular weight excluding hydrogens is 241 g/mol. The van der Waals surface area contributed by atoms with Gasteiger partial charge in [-0.25, -0.2) is 4.39 Å². The van der Waals surface area contributed by atoms with Gasteiger partial charge in [0, 0.05) is 6.04 Å². The molecular formula is C16H18FNO. The van der Waals surface area contributed by atoms with E-state index in [1.807, 2.05) is 31.2 Å². The van der Waals surface area contributed by atoms with Crippen LogP contribution in [0, 0.1) is 12.7 Å². The molecule has 100 valence electrons. The lowest BCUT2D eigenvalue weighted by Crippen LogP contribution is -2.15. The Bertz CT molecular complexity index is 568. The zero-order chi connectivity index (χ0) is 13.8. The topological polar surface area (TPSA) is 35.2 Å². The van der Waals surface area contributed by atoms with Gasteiger partial charge in [-0.1, -0.05) is 24.3 Å². The summed E-state index contributed by atoms with van der Waals surface area (Å²) in [6, 6.07) is 12.3. The first-order valence-corrected chi connectivity index (χ1v) is 6.25. The summed E-state index contributed by atoms with van der Waals surface area (Å²) in [4.78, 5) is 0. The van der Waals surface area contributed by atoms with Crippen LogP contribution in [0.15, 0.2) is 42.5 Å². The van der Waals surface area contributed by atoms with E-state index >= 15 is 0 Å². The summed E-state index contributed by atoms with van der Waals surface area (Å²) in [5.41, 5.74) is 8.90. The van der Waals surface area contributed by atoms with Crippen molar-refractivity contribution >= 4 is 0 Å². The third-order valence-corrected chi connectivity index (χ3v) is 3.27. The van der Waals surface area contributed by atoms with E-state index < -0.39 is 0 Å². The molecule has 0 radical (unpaired) electrons. The second-order valence-electron chi connectivity index (χ2n) is 4.62. The predicted octanol–water partition coefficient (Wildman–Crippen LogP) is 3.39. The van der Waals surface area contributed by atoms with Gasteiger partial charge in [-0.05, 0) is 48.2 Å². The van der Waals surface area contributed by atoms with Crippen LogP contribution < -0.4 is 10.5 Å². The molecule has 0 fully saturated rings. The molecule has 1 unspecified atom stereocenters. The third kappa shape index (κ3) is 3.12. The lowest BCUT2D eigenvalue weighted by molar-refractivity contribution is 0.414. The largest absolute Gasteiger partial charge is 0.497 e. The zero-order valence-electron chi connectivity index (χ0n) is 11.2. The fourth-order valence-electron chi connectivity index (χ4n) is 2.20. The first-order chi connectivity index (χ1) is 9.11. The number of nitrogens with two attached hydrogens (primary N) is 1. The Kier molecular flexibility index (Phi) is 4.17. The van der Waals surface area contributed by atoms with Gasteiger partial charge in [-0.15, -0.1) is 0 Å². The number of methoxy groups -OCH3 is 1. The van der Waals surface area contributed by atoms with Crippen molar-refractivity contribution < 1.29 is 9.13 Å². The zero-order valence-corrected chi connectivity index (χ0v) is 11.2. The SMILES string of the molecule is COc1ccc(C(N)Cc2ccccc2F)c(C)c1. The molecule has 2 aromatic carbocycles. The minimum absolute atomic E-state index is 0.205. The fourth-order valence-corrected chi connectivity index (χ4v) is 2.20. The number of rotatable bonds is 4. The number of halogens is 1. The summed E-state index contributed by atoms with van der Waals surface area (Å²) in [6.07, 6.45) is 0.486. The van der Waals surface area contributed by atoms with E-state index in [-0.39, 0.29) is 11.9 Å². The third-order valence-electron chi connectivity index (χ3n) is 3.27. The van der Waals surface area contributed by atoms with E-state index in [2.05, 4.69) is 0 Å². The van der Waals surface area contributed by atoms with Crippen molar-refractivity contribution in [3.8, 4) is 5.75 Å². The second-order valence-corrected chi connectivity index (χ2v) is 4.62. The van der Waals surface area contributed by atoms with Gasteiger partial charge < -0.3 is 10.5 Å². The molecule has 0 aromatic heterocycles. The van der Waals surface area contributed by atoms with Crippen LogP contribution in [0.3, 0.4) is 0 Å². The number of hydrogen-bond donors (Lipinski definition) is 1. The van der Waals surface area contributed by atoms with Crippen LogP contribution in [0.5, 0.6) is 5.75 Å². The summed E-state index contributed by atoms with van der Waals surface area (Å²) in [5.74, 6) is 0.600. The second kappa shape index (κ2) is 5.85. The maximum atomic E-state index is 13.6. The summed E-state index contributed by atoms with van der Waals surface area (Å²) >= 11 is 0. The maximum absolute atomic E-state index is 13.6. The Labute approximate surface area is 113 Å². The molecule has 19 heavy (non-hydrogen) atoms. The highest BCUT2D eigenvalue weighted by Gasteiger charge is 2.12. The Hall–Kier alpha value is -1.87. The van der Waals surface area contributed by atoms with Gasteiger partial charge in [0.2, 0.25) is 0 Å². The molecule has 3 heteroatoms. The maximum Gasteiger partial charge on any atom is 0.126 e. The average Bonchev–Trinajstić information content (AvgIpc) is 2.41. The number of hydrogen-bond acceptors (Lipinski definition) is 2. The molecule has 2 aromatic rings. The number of benzene rings is 2. The van der Waals surface area contributed by atoms with Gasteiger partial charge in [-0.2, -0.15) is 0 Å². The first kappa shape index (κ1) is 13.6. The quantitative estimate of drug-likeness (QED) is 0.913. The van der Waals surface area contributed by atoms with Gasteiger partial charge >= 0.3 is 0 Å². The van der Waals surface area contributed by atoms with Crippen molar-refractivity contribution in [1.82, 2.24) is 0 Å². The molecule has 2 nitrogen and oxygen atoms in total. The van der Waals surface area contributed by atoms with Gasteiger partial charge in [0.1, 0.15) is 11.6 Å². The average molecular weight is 259 g/mol. The number of ether oxygens (including phenoxy) is 1. The molecule has 2 N–H and O–H groups in total. The molecule has 2 rings (SSSR count). The normalized spacial score (nSPS) is 12.2. The van der Waals surface area contributed by atoms with Crippen LogP contribution in [0.2, 0.25) is 0 Å². The van der Waals surface area contributed by atoms with E-state index in [0.29, 0.717) is 12.0 Å². The molecule has 0 saturated heterocycles. The lowest BCUT2D eigenvalue weighted by Gasteiger charge is -2.16. The van der Waals surface area contributed by atoms with Gasteiger partial charge in [0.15, 0.2) is 0 Å². The standard InChI is InChI=1S/C16H18FNO/c1-11-9-13(19-2)7-8-14(11)16(18)10-12-5-3-4-6-15(12)17/h3-9,16H,10,18H2,1-2H3. The Morgan fingerprint density at radius 1 is 1.21 bits per heavy atom. The molecule has 0 aliphatic rings. The van der Waals surface area contributed by atoms with E-state index in [9.17, 15) is 4.39 Å². The highest BCUT2D eigenvalue weighted by atomic mass is 19.1. The molecule has 1 atom stereocenters. The van der Waals surface area contributed by atoms with E-state index in [4.69, 9.17) is 10.5 Å². The Morgan fingerprint density at radius 3 is 2.58 bits per heavy atom.